The minimum atomic E-state index is 0.0207. The molecule has 1 aliphatic heterocycles. The smallest absolute Gasteiger partial charge is 0.137 e. The maximum absolute atomic E-state index is 5.79. The van der Waals surface area contributed by atoms with Gasteiger partial charge in [-0.3, -0.25) is 4.98 Å². The number of hydrogen-bond acceptors (Lipinski definition) is 5. The molecule has 0 aromatic carbocycles. The van der Waals surface area contributed by atoms with Gasteiger partial charge in [0, 0.05) is 6.20 Å². The lowest BCUT2D eigenvalue weighted by Crippen LogP contribution is -2.40. The van der Waals surface area contributed by atoms with Crippen LogP contribution in [0.4, 0.5) is 0 Å². The Morgan fingerprint density at radius 1 is 1.42 bits per heavy atom. The number of rotatable bonds is 6. The van der Waals surface area contributed by atoms with Crippen LogP contribution in [0.5, 0.6) is 5.75 Å². The fourth-order valence-corrected chi connectivity index (χ4v) is 2.23. The van der Waals surface area contributed by atoms with Crippen molar-refractivity contribution in [3.8, 4) is 5.75 Å². The molecular formula is C14H22N2O3. The van der Waals surface area contributed by atoms with Gasteiger partial charge in [-0.25, -0.2) is 0 Å². The van der Waals surface area contributed by atoms with Crippen LogP contribution in [0.2, 0.25) is 0 Å². The topological polar surface area (TPSA) is 52.6 Å². The van der Waals surface area contributed by atoms with Crippen molar-refractivity contribution in [3.63, 3.8) is 0 Å². The van der Waals surface area contributed by atoms with Crippen molar-refractivity contribution in [1.82, 2.24) is 10.3 Å². The van der Waals surface area contributed by atoms with Crippen molar-refractivity contribution in [1.29, 1.82) is 0 Å². The van der Waals surface area contributed by atoms with Gasteiger partial charge in [-0.1, -0.05) is 6.92 Å². The summed E-state index contributed by atoms with van der Waals surface area (Å²) in [5, 5.41) is 3.44. The largest absolute Gasteiger partial charge is 0.492 e. The zero-order valence-electron chi connectivity index (χ0n) is 11.6. The zero-order chi connectivity index (χ0) is 13.5. The second-order valence-electron chi connectivity index (χ2n) is 4.41. The Labute approximate surface area is 114 Å². The molecule has 106 valence electrons. The van der Waals surface area contributed by atoms with E-state index in [9.17, 15) is 0 Å². The van der Waals surface area contributed by atoms with Gasteiger partial charge in [0.25, 0.3) is 0 Å². The van der Waals surface area contributed by atoms with E-state index in [1.54, 1.807) is 6.20 Å². The Kier molecular flexibility index (Phi) is 5.57. The number of ether oxygens (including phenoxy) is 3. The van der Waals surface area contributed by atoms with Gasteiger partial charge in [0.2, 0.25) is 0 Å². The van der Waals surface area contributed by atoms with Crippen LogP contribution in [0.25, 0.3) is 0 Å². The molecule has 2 rings (SSSR count). The van der Waals surface area contributed by atoms with Crippen LogP contribution >= 0.6 is 0 Å². The molecule has 5 nitrogen and oxygen atoms in total. The first-order valence-electron chi connectivity index (χ1n) is 6.85. The Bertz CT molecular complexity index is 381. The van der Waals surface area contributed by atoms with Crippen LogP contribution < -0.4 is 10.1 Å². The highest BCUT2D eigenvalue weighted by atomic mass is 16.6. The Balaban J connectivity index is 2.14. The van der Waals surface area contributed by atoms with Crippen molar-refractivity contribution in [2.75, 3.05) is 33.0 Å². The van der Waals surface area contributed by atoms with Crippen molar-refractivity contribution >= 4 is 0 Å². The van der Waals surface area contributed by atoms with E-state index in [2.05, 4.69) is 17.2 Å². The summed E-state index contributed by atoms with van der Waals surface area (Å²) in [6.07, 6.45) is 3.61. The van der Waals surface area contributed by atoms with Crippen LogP contribution in [0.15, 0.2) is 18.5 Å². The monoisotopic (exact) mass is 266 g/mol. The minimum absolute atomic E-state index is 0.0207. The van der Waals surface area contributed by atoms with E-state index in [0.717, 1.165) is 17.9 Å². The maximum atomic E-state index is 5.79. The third kappa shape index (κ3) is 3.89. The molecule has 0 amide bonds. The Hall–Kier alpha value is -1.17. The summed E-state index contributed by atoms with van der Waals surface area (Å²) in [6, 6.07) is 2.10. The standard InChI is InChI=1S/C14H22N2O3/c1-3-16-14(13-10-17-5-6-19-13)11-7-12(18-4-2)9-15-8-11/h7-9,13-14,16H,3-6,10H2,1-2H3. The third-order valence-corrected chi connectivity index (χ3v) is 3.04. The molecule has 1 N–H and O–H groups in total. The molecule has 1 aromatic rings. The molecule has 1 fully saturated rings. The highest BCUT2D eigenvalue weighted by molar-refractivity contribution is 5.27. The maximum Gasteiger partial charge on any atom is 0.137 e. The number of nitrogens with zero attached hydrogens (tertiary/aromatic N) is 1. The highest BCUT2D eigenvalue weighted by Gasteiger charge is 2.26. The van der Waals surface area contributed by atoms with Crippen LogP contribution in [0.1, 0.15) is 25.5 Å². The third-order valence-electron chi connectivity index (χ3n) is 3.04. The van der Waals surface area contributed by atoms with Gasteiger partial charge in [-0.15, -0.1) is 0 Å². The molecule has 0 aliphatic carbocycles. The fraction of sp³-hybridized carbons (Fsp3) is 0.643. The molecule has 1 aromatic heterocycles. The summed E-state index contributed by atoms with van der Waals surface area (Å²) in [5.41, 5.74) is 1.07. The molecule has 0 saturated carbocycles. The molecule has 1 saturated heterocycles. The number of aromatic nitrogens is 1. The Morgan fingerprint density at radius 3 is 3.00 bits per heavy atom. The minimum Gasteiger partial charge on any atom is -0.492 e. The predicted octanol–water partition coefficient (Wildman–Crippen LogP) is 1.55. The van der Waals surface area contributed by atoms with E-state index in [1.165, 1.54) is 0 Å². The predicted molar refractivity (Wildman–Crippen MR) is 72.4 cm³/mol. The second-order valence-corrected chi connectivity index (χ2v) is 4.41. The SMILES string of the molecule is CCNC(c1cncc(OCC)c1)C1COCCO1. The van der Waals surface area contributed by atoms with Gasteiger partial charge < -0.3 is 19.5 Å². The average molecular weight is 266 g/mol. The van der Waals surface area contributed by atoms with Crippen molar-refractivity contribution in [3.05, 3.63) is 24.0 Å². The van der Waals surface area contributed by atoms with E-state index in [1.807, 2.05) is 19.2 Å². The van der Waals surface area contributed by atoms with Gasteiger partial charge in [0.05, 0.1) is 38.7 Å². The number of likely N-dealkylation sites (N-methyl/N-ethyl adjacent to an activating group) is 1. The van der Waals surface area contributed by atoms with E-state index < -0.39 is 0 Å². The van der Waals surface area contributed by atoms with E-state index >= 15 is 0 Å². The van der Waals surface area contributed by atoms with E-state index in [-0.39, 0.29) is 12.1 Å². The first-order chi connectivity index (χ1) is 9.35. The number of pyridine rings is 1. The second kappa shape index (κ2) is 7.43. The summed E-state index contributed by atoms with van der Waals surface area (Å²) >= 11 is 0. The molecular weight excluding hydrogens is 244 g/mol. The normalized spacial score (nSPS) is 21.1. The lowest BCUT2D eigenvalue weighted by atomic mass is 10.0. The number of hydrogen-bond donors (Lipinski definition) is 1. The molecule has 0 bridgehead atoms. The highest BCUT2D eigenvalue weighted by Crippen LogP contribution is 2.24. The van der Waals surface area contributed by atoms with Crippen molar-refractivity contribution in [2.24, 2.45) is 0 Å². The summed E-state index contributed by atoms with van der Waals surface area (Å²) < 4.78 is 16.8. The van der Waals surface area contributed by atoms with E-state index in [0.29, 0.717) is 26.4 Å². The average Bonchev–Trinajstić information content (AvgIpc) is 2.46. The Morgan fingerprint density at radius 2 is 2.32 bits per heavy atom. The lowest BCUT2D eigenvalue weighted by Gasteiger charge is -2.31. The van der Waals surface area contributed by atoms with Crippen LogP contribution in [-0.2, 0) is 9.47 Å². The molecule has 2 atom stereocenters. The fourth-order valence-electron chi connectivity index (χ4n) is 2.23. The molecule has 1 aliphatic rings. The van der Waals surface area contributed by atoms with Crippen LogP contribution in [-0.4, -0.2) is 44.1 Å². The van der Waals surface area contributed by atoms with Gasteiger partial charge in [-0.2, -0.15) is 0 Å². The first kappa shape index (κ1) is 14.2. The summed E-state index contributed by atoms with van der Waals surface area (Å²) in [6.45, 7) is 7.47. The molecule has 0 radical (unpaired) electrons. The number of nitrogens with one attached hydrogen (secondary N) is 1. The van der Waals surface area contributed by atoms with Gasteiger partial charge in [0.15, 0.2) is 0 Å². The van der Waals surface area contributed by atoms with Gasteiger partial charge in [0.1, 0.15) is 11.9 Å². The molecule has 2 heterocycles. The van der Waals surface area contributed by atoms with Crippen molar-refractivity contribution in [2.45, 2.75) is 26.0 Å². The molecule has 19 heavy (non-hydrogen) atoms. The van der Waals surface area contributed by atoms with Crippen LogP contribution in [0.3, 0.4) is 0 Å². The van der Waals surface area contributed by atoms with Crippen LogP contribution in [0, 0.1) is 0 Å². The summed E-state index contributed by atoms with van der Waals surface area (Å²) in [7, 11) is 0. The van der Waals surface area contributed by atoms with E-state index in [4.69, 9.17) is 14.2 Å². The first-order valence-corrected chi connectivity index (χ1v) is 6.85. The summed E-state index contributed by atoms with van der Waals surface area (Å²) in [4.78, 5) is 4.24. The summed E-state index contributed by atoms with van der Waals surface area (Å²) in [5.74, 6) is 0.791. The molecule has 5 heteroatoms. The lowest BCUT2D eigenvalue weighted by molar-refractivity contribution is -0.102. The molecule has 2 unspecified atom stereocenters. The quantitative estimate of drug-likeness (QED) is 0.846. The zero-order valence-corrected chi connectivity index (χ0v) is 11.6. The van der Waals surface area contributed by atoms with Gasteiger partial charge in [-0.05, 0) is 25.1 Å². The van der Waals surface area contributed by atoms with Gasteiger partial charge >= 0.3 is 0 Å². The van der Waals surface area contributed by atoms with Crippen molar-refractivity contribution < 1.29 is 14.2 Å². The molecule has 0 spiro atoms.